The molecule has 2 saturated heterocycles. The zero-order chi connectivity index (χ0) is 21.6. The summed E-state index contributed by atoms with van der Waals surface area (Å²) in [5.41, 5.74) is -2.32. The standard InChI is InChI=1S/C17H30ClN3O8/c1-11(2)9-28-15-13(22)14(23)17(25,10-29-15)20(8-12-4-3-7-27-12)16(24)21(19-26)6-5-18/h11-15,22-23,25H,3-10H2,1-2H3/t12?,13-,14-,15+,17+/m1/s1. The molecule has 2 amide bonds. The second kappa shape index (κ2) is 10.8. The van der Waals surface area contributed by atoms with Crippen molar-refractivity contribution in [1.29, 1.82) is 0 Å². The lowest BCUT2D eigenvalue weighted by atomic mass is 9.96. The van der Waals surface area contributed by atoms with Crippen LogP contribution in [-0.2, 0) is 14.2 Å². The van der Waals surface area contributed by atoms with Crippen LogP contribution in [0.5, 0.6) is 0 Å². The summed E-state index contributed by atoms with van der Waals surface area (Å²) >= 11 is 5.62. The number of nitrogens with zero attached hydrogens (tertiary/aromatic N) is 3. The number of halogens is 1. The number of carbonyl (C=O) groups excluding carboxylic acids is 1. The van der Waals surface area contributed by atoms with Gasteiger partial charge in [0.1, 0.15) is 18.8 Å². The molecule has 2 heterocycles. The monoisotopic (exact) mass is 439 g/mol. The number of aliphatic hydroxyl groups excluding tert-OH is 2. The molecule has 0 aromatic heterocycles. The SMILES string of the molecule is CC(C)CO[C@H]1OC[C@@](O)(N(CC2CCCO2)C(=O)N(CCCl)N=O)[C@H](O)[C@H]1O. The third-order valence-corrected chi connectivity index (χ3v) is 5.02. The van der Waals surface area contributed by atoms with Crippen LogP contribution in [0.1, 0.15) is 26.7 Å². The van der Waals surface area contributed by atoms with Gasteiger partial charge >= 0.3 is 6.03 Å². The minimum atomic E-state index is -2.32. The number of hydrogen-bond acceptors (Lipinski definition) is 9. The molecule has 0 saturated carbocycles. The Morgan fingerprint density at radius 3 is 2.66 bits per heavy atom. The molecule has 5 atom stereocenters. The average Bonchev–Trinajstić information content (AvgIpc) is 3.20. The molecule has 11 nitrogen and oxygen atoms in total. The Morgan fingerprint density at radius 1 is 1.38 bits per heavy atom. The lowest BCUT2D eigenvalue weighted by Gasteiger charge is -2.49. The summed E-state index contributed by atoms with van der Waals surface area (Å²) in [5, 5.41) is 35.4. The first-order valence-corrected chi connectivity index (χ1v) is 10.2. The number of alkyl halides is 1. The number of carbonyl (C=O) groups is 1. The highest BCUT2D eigenvalue weighted by Crippen LogP contribution is 2.31. The largest absolute Gasteiger partial charge is 0.385 e. The topological polar surface area (TPSA) is 141 Å². The molecule has 0 radical (unpaired) electrons. The zero-order valence-corrected chi connectivity index (χ0v) is 17.4. The maximum Gasteiger partial charge on any atom is 0.345 e. The fraction of sp³-hybridized carbons (Fsp3) is 0.941. The Balaban J connectivity index is 2.23. The molecule has 2 aliphatic heterocycles. The predicted molar refractivity (Wildman–Crippen MR) is 102 cm³/mol. The molecular weight excluding hydrogens is 410 g/mol. The lowest BCUT2D eigenvalue weighted by Crippen LogP contribution is -2.71. The van der Waals surface area contributed by atoms with Crippen molar-refractivity contribution in [1.82, 2.24) is 9.91 Å². The first kappa shape index (κ1) is 24.2. The van der Waals surface area contributed by atoms with E-state index in [4.69, 9.17) is 25.8 Å². The molecule has 29 heavy (non-hydrogen) atoms. The summed E-state index contributed by atoms with van der Waals surface area (Å²) < 4.78 is 16.4. The fourth-order valence-corrected chi connectivity index (χ4v) is 3.43. The molecule has 2 aliphatic rings. The average molecular weight is 440 g/mol. The number of rotatable bonds is 9. The summed E-state index contributed by atoms with van der Waals surface area (Å²) in [6, 6.07) is -0.977. The Kier molecular flexibility index (Phi) is 9.01. The Hall–Kier alpha value is -1.08. The molecule has 168 valence electrons. The van der Waals surface area contributed by atoms with E-state index in [1.165, 1.54) is 0 Å². The Labute approximate surface area is 174 Å². The van der Waals surface area contributed by atoms with Crippen LogP contribution in [0.25, 0.3) is 0 Å². The highest BCUT2D eigenvalue weighted by Gasteiger charge is 2.55. The van der Waals surface area contributed by atoms with Crippen molar-refractivity contribution in [2.75, 3.05) is 38.8 Å². The van der Waals surface area contributed by atoms with Crippen LogP contribution in [0.15, 0.2) is 5.29 Å². The molecule has 0 aliphatic carbocycles. The number of urea groups is 1. The predicted octanol–water partition coefficient (Wildman–Crippen LogP) is 0.249. The first-order chi connectivity index (χ1) is 13.7. The van der Waals surface area contributed by atoms with Crippen molar-refractivity contribution < 1.29 is 34.3 Å². The number of aliphatic hydroxyl groups is 3. The van der Waals surface area contributed by atoms with Crippen molar-refractivity contribution >= 4 is 17.6 Å². The van der Waals surface area contributed by atoms with Crippen LogP contribution in [-0.4, -0.2) is 100 Å². The van der Waals surface area contributed by atoms with Crippen molar-refractivity contribution in [2.45, 2.75) is 57.0 Å². The van der Waals surface area contributed by atoms with E-state index < -0.39 is 43.0 Å². The second-order valence-corrected chi connectivity index (χ2v) is 8.02. The van der Waals surface area contributed by atoms with Gasteiger partial charge in [-0.1, -0.05) is 13.8 Å². The van der Waals surface area contributed by atoms with Crippen LogP contribution in [0, 0.1) is 10.8 Å². The smallest absolute Gasteiger partial charge is 0.345 e. The van der Waals surface area contributed by atoms with Crippen LogP contribution >= 0.6 is 11.6 Å². The van der Waals surface area contributed by atoms with Gasteiger partial charge < -0.3 is 29.5 Å². The van der Waals surface area contributed by atoms with E-state index in [9.17, 15) is 25.0 Å². The number of amides is 2. The number of ether oxygens (including phenoxy) is 3. The van der Waals surface area contributed by atoms with E-state index >= 15 is 0 Å². The Morgan fingerprint density at radius 2 is 2.10 bits per heavy atom. The third-order valence-electron chi connectivity index (χ3n) is 4.85. The second-order valence-electron chi connectivity index (χ2n) is 7.64. The van der Waals surface area contributed by atoms with Crippen LogP contribution in [0.2, 0.25) is 0 Å². The lowest BCUT2D eigenvalue weighted by molar-refractivity contribution is -0.327. The minimum Gasteiger partial charge on any atom is -0.385 e. The third kappa shape index (κ3) is 5.75. The van der Waals surface area contributed by atoms with Crippen LogP contribution in [0.3, 0.4) is 0 Å². The van der Waals surface area contributed by atoms with Gasteiger partial charge in [-0.25, -0.2) is 4.79 Å². The maximum absolute atomic E-state index is 12.9. The first-order valence-electron chi connectivity index (χ1n) is 9.66. The number of hydrogen-bond donors (Lipinski definition) is 3. The van der Waals surface area contributed by atoms with Gasteiger partial charge in [-0.15, -0.1) is 16.5 Å². The summed E-state index contributed by atoms with van der Waals surface area (Å²) in [7, 11) is 0. The van der Waals surface area contributed by atoms with Gasteiger partial charge in [0.05, 0.1) is 31.1 Å². The van der Waals surface area contributed by atoms with Gasteiger partial charge in [-0.05, 0) is 18.8 Å². The van der Waals surface area contributed by atoms with E-state index in [1.807, 2.05) is 13.8 Å². The molecule has 2 fully saturated rings. The van der Waals surface area contributed by atoms with Gasteiger partial charge in [0.2, 0.25) is 0 Å². The van der Waals surface area contributed by atoms with Crippen molar-refractivity contribution in [3.8, 4) is 0 Å². The van der Waals surface area contributed by atoms with E-state index in [0.29, 0.717) is 18.0 Å². The fourth-order valence-electron chi connectivity index (χ4n) is 3.27. The summed E-state index contributed by atoms with van der Waals surface area (Å²) in [6.45, 7) is 3.71. The summed E-state index contributed by atoms with van der Waals surface area (Å²) in [6.07, 6.45) is -3.62. The highest BCUT2D eigenvalue weighted by molar-refractivity contribution is 6.18. The molecule has 12 heteroatoms. The molecular formula is C17H30ClN3O8. The van der Waals surface area contributed by atoms with Gasteiger partial charge in [0.15, 0.2) is 12.0 Å². The maximum atomic E-state index is 12.9. The van der Waals surface area contributed by atoms with Gasteiger partial charge in [0.25, 0.3) is 0 Å². The Bertz CT molecular complexity index is 551. The van der Waals surface area contributed by atoms with Gasteiger partial charge in [-0.2, -0.15) is 5.01 Å². The molecule has 2 rings (SSSR count). The number of nitroso groups, excluding NO2 is 1. The quantitative estimate of drug-likeness (QED) is 0.201. The van der Waals surface area contributed by atoms with Gasteiger partial charge in [-0.3, -0.25) is 4.90 Å². The highest BCUT2D eigenvalue weighted by atomic mass is 35.5. The molecule has 0 aromatic carbocycles. The van der Waals surface area contributed by atoms with Crippen molar-refractivity contribution in [3.63, 3.8) is 0 Å². The van der Waals surface area contributed by atoms with E-state index in [2.05, 4.69) is 5.29 Å². The molecule has 0 spiro atoms. The van der Waals surface area contributed by atoms with Crippen LogP contribution < -0.4 is 0 Å². The van der Waals surface area contributed by atoms with Crippen molar-refractivity contribution in [3.05, 3.63) is 4.91 Å². The molecule has 3 N–H and O–H groups in total. The van der Waals surface area contributed by atoms with E-state index in [-0.39, 0.29) is 31.5 Å². The summed E-state index contributed by atoms with van der Waals surface area (Å²) in [5.74, 6) is 0.0975. The molecule has 0 aromatic rings. The van der Waals surface area contributed by atoms with Gasteiger partial charge in [0, 0.05) is 12.5 Å². The molecule has 1 unspecified atom stereocenters. The van der Waals surface area contributed by atoms with Crippen LogP contribution in [0.4, 0.5) is 4.79 Å². The van der Waals surface area contributed by atoms with E-state index in [1.54, 1.807) is 0 Å². The zero-order valence-electron chi connectivity index (χ0n) is 16.6. The van der Waals surface area contributed by atoms with E-state index in [0.717, 1.165) is 11.3 Å². The normalized spacial score (nSPS) is 32.4. The summed E-state index contributed by atoms with van der Waals surface area (Å²) in [4.78, 5) is 24.9. The molecule has 0 bridgehead atoms. The van der Waals surface area contributed by atoms with Crippen molar-refractivity contribution in [2.24, 2.45) is 11.2 Å². The minimum absolute atomic E-state index is 0.0591.